The minimum absolute atomic E-state index is 0.214. The summed E-state index contributed by atoms with van der Waals surface area (Å²) in [5, 5.41) is 19.9. The first-order valence-electron chi connectivity index (χ1n) is 10.8. The number of amides is 2. The summed E-state index contributed by atoms with van der Waals surface area (Å²) in [7, 11) is 0. The van der Waals surface area contributed by atoms with Gasteiger partial charge < -0.3 is 21.1 Å². The van der Waals surface area contributed by atoms with Crippen molar-refractivity contribution >= 4 is 12.0 Å². The van der Waals surface area contributed by atoms with E-state index in [1.807, 2.05) is 6.07 Å². The largest absolute Gasteiger partial charge is 0.667 e. The Balaban J connectivity index is 0.000000219. The molecule has 0 radical (unpaired) electrons. The highest BCUT2D eigenvalue weighted by Crippen LogP contribution is 2.53. The van der Waals surface area contributed by atoms with Crippen molar-refractivity contribution in [1.29, 1.82) is 5.26 Å². The Morgan fingerprint density at radius 1 is 1.25 bits per heavy atom. The molecule has 0 aromatic carbocycles. The third-order valence-corrected chi connectivity index (χ3v) is 6.36. The SMILES string of the molecule is N#CC1(NC(=O)[C@@H]([NH-])CC(F)(F)Cc2ccccn2)CC1.O=C(O)N1CCC2(CC1)CC2. The van der Waals surface area contributed by atoms with E-state index in [9.17, 15) is 18.4 Å². The predicted molar refractivity (Wildman–Crippen MR) is 112 cm³/mol. The number of hydrogen-bond donors (Lipinski definition) is 2. The topological polar surface area (TPSA) is 130 Å². The molecule has 1 atom stereocenters. The van der Waals surface area contributed by atoms with Gasteiger partial charge in [0, 0.05) is 31.4 Å². The summed E-state index contributed by atoms with van der Waals surface area (Å²) in [4.78, 5) is 27.5. The van der Waals surface area contributed by atoms with E-state index >= 15 is 0 Å². The maximum absolute atomic E-state index is 13.8. The second-order valence-corrected chi connectivity index (χ2v) is 9.06. The van der Waals surface area contributed by atoms with E-state index in [1.165, 1.54) is 30.0 Å². The van der Waals surface area contributed by atoms with Gasteiger partial charge in [0.2, 0.25) is 5.91 Å². The normalized spacial score (nSPS) is 20.9. The molecule has 174 valence electrons. The van der Waals surface area contributed by atoms with Crippen LogP contribution in [-0.2, 0) is 11.2 Å². The molecule has 1 saturated heterocycles. The number of likely N-dealkylation sites (tertiary alicyclic amines) is 1. The zero-order chi connectivity index (χ0) is 23.4. The highest BCUT2D eigenvalue weighted by molar-refractivity contribution is 5.84. The Morgan fingerprint density at radius 2 is 1.91 bits per heavy atom. The van der Waals surface area contributed by atoms with Crippen molar-refractivity contribution < 1.29 is 23.5 Å². The fourth-order valence-electron chi connectivity index (χ4n) is 3.79. The number of nitrogens with zero attached hydrogens (tertiary/aromatic N) is 3. The van der Waals surface area contributed by atoms with Crippen LogP contribution in [0.25, 0.3) is 5.73 Å². The van der Waals surface area contributed by atoms with Gasteiger partial charge in [0.1, 0.15) is 5.54 Å². The van der Waals surface area contributed by atoms with Crippen molar-refractivity contribution in [3.05, 3.63) is 35.8 Å². The molecule has 3 N–H and O–H groups in total. The molecule has 3 aliphatic rings. The van der Waals surface area contributed by atoms with Crippen molar-refractivity contribution in [2.75, 3.05) is 13.1 Å². The van der Waals surface area contributed by atoms with Crippen LogP contribution < -0.4 is 5.32 Å². The zero-order valence-corrected chi connectivity index (χ0v) is 17.8. The number of piperidine rings is 1. The van der Waals surface area contributed by atoms with E-state index in [2.05, 4.69) is 10.3 Å². The quantitative estimate of drug-likeness (QED) is 0.684. The molecule has 8 nitrogen and oxygen atoms in total. The van der Waals surface area contributed by atoms with Gasteiger partial charge in [-0.3, -0.25) is 9.78 Å². The number of rotatable bonds is 6. The second-order valence-electron chi connectivity index (χ2n) is 9.06. The van der Waals surface area contributed by atoms with Crippen LogP contribution in [0.2, 0.25) is 0 Å². The molecular weight excluding hydrogens is 420 g/mol. The molecule has 2 amide bonds. The Hall–Kier alpha value is -2.80. The highest BCUT2D eigenvalue weighted by Gasteiger charge is 2.46. The number of pyridine rings is 1. The van der Waals surface area contributed by atoms with Crippen LogP contribution in [0, 0.1) is 16.7 Å². The highest BCUT2D eigenvalue weighted by atomic mass is 19.3. The summed E-state index contributed by atoms with van der Waals surface area (Å²) in [6.07, 6.45) is 5.04. The maximum Gasteiger partial charge on any atom is 0.407 e. The molecule has 2 aliphatic carbocycles. The summed E-state index contributed by atoms with van der Waals surface area (Å²) >= 11 is 0. The predicted octanol–water partition coefficient (Wildman–Crippen LogP) is 3.78. The van der Waals surface area contributed by atoms with Gasteiger partial charge in [0.05, 0.1) is 12.5 Å². The third kappa shape index (κ3) is 6.60. The van der Waals surface area contributed by atoms with E-state index in [0.717, 1.165) is 25.9 Å². The van der Waals surface area contributed by atoms with Gasteiger partial charge in [-0.2, -0.15) is 5.26 Å². The van der Waals surface area contributed by atoms with Crippen molar-refractivity contribution in [2.45, 2.75) is 68.9 Å². The van der Waals surface area contributed by atoms with Crippen LogP contribution in [0.15, 0.2) is 24.4 Å². The average Bonchev–Trinajstić information content (AvgIpc) is 3.67. The molecule has 0 bridgehead atoms. The van der Waals surface area contributed by atoms with E-state index in [4.69, 9.17) is 16.1 Å². The number of halogens is 2. The first-order valence-corrected chi connectivity index (χ1v) is 10.8. The number of carbonyl (C=O) groups is 2. The van der Waals surface area contributed by atoms with Gasteiger partial charge in [-0.25, -0.2) is 13.6 Å². The number of carboxylic acid groups (broad SMARTS) is 1. The summed E-state index contributed by atoms with van der Waals surface area (Å²) in [5.74, 6) is -4.02. The third-order valence-electron chi connectivity index (χ3n) is 6.36. The number of alkyl halides is 2. The Labute approximate surface area is 185 Å². The van der Waals surface area contributed by atoms with Crippen LogP contribution in [0.5, 0.6) is 0 Å². The molecule has 32 heavy (non-hydrogen) atoms. The first-order chi connectivity index (χ1) is 15.1. The molecule has 1 aromatic heterocycles. The molecule has 10 heteroatoms. The lowest BCUT2D eigenvalue weighted by molar-refractivity contribution is -0.124. The van der Waals surface area contributed by atoms with Crippen molar-refractivity contribution in [2.24, 2.45) is 5.41 Å². The summed E-state index contributed by atoms with van der Waals surface area (Å²) in [6, 6.07) is 5.03. The van der Waals surface area contributed by atoms with Crippen LogP contribution in [0.4, 0.5) is 13.6 Å². The van der Waals surface area contributed by atoms with Gasteiger partial charge in [0.15, 0.2) is 0 Å². The molecule has 0 unspecified atom stereocenters. The van der Waals surface area contributed by atoms with Gasteiger partial charge in [0.25, 0.3) is 5.92 Å². The Bertz CT molecular complexity index is 856. The Morgan fingerprint density at radius 3 is 2.38 bits per heavy atom. The molecule has 3 fully saturated rings. The average molecular weight is 448 g/mol. The zero-order valence-electron chi connectivity index (χ0n) is 17.8. The van der Waals surface area contributed by atoms with Crippen LogP contribution in [0.1, 0.15) is 50.6 Å². The lowest BCUT2D eigenvalue weighted by Crippen LogP contribution is -2.43. The second kappa shape index (κ2) is 9.36. The molecular formula is C22H28F2N5O3-. The number of nitriles is 1. The lowest BCUT2D eigenvalue weighted by atomic mass is 9.94. The minimum Gasteiger partial charge on any atom is -0.667 e. The minimum atomic E-state index is -3.19. The standard InChI is InChI=1S/C14H15F2N4O.C8H13NO2/c15-14(16,7-10-3-1-2-6-19-10)8-11(18)12(21)20-13(9-17)4-5-13;10-7(11)9-5-3-8(1-2-8)4-6-9/h1-3,6,11,18H,4-5,7-8H2,(H,20,21);1-6H2,(H,10,11)/q-1;/t11-;/m0./s1. The summed E-state index contributed by atoms with van der Waals surface area (Å²) in [5.41, 5.74) is 7.43. The van der Waals surface area contributed by atoms with Crippen molar-refractivity contribution in [1.82, 2.24) is 15.2 Å². The monoisotopic (exact) mass is 448 g/mol. The van der Waals surface area contributed by atoms with E-state index in [1.54, 1.807) is 12.1 Å². The molecule has 1 aliphatic heterocycles. The van der Waals surface area contributed by atoms with Gasteiger partial charge in [-0.05, 0) is 56.1 Å². The lowest BCUT2D eigenvalue weighted by Gasteiger charge is -2.29. The molecule has 1 aromatic rings. The number of nitrogens with one attached hydrogen (secondary N) is 2. The molecule has 2 heterocycles. The van der Waals surface area contributed by atoms with E-state index in [0.29, 0.717) is 18.3 Å². The molecule has 1 spiro atoms. The van der Waals surface area contributed by atoms with Crippen molar-refractivity contribution in [3.8, 4) is 6.07 Å². The fourth-order valence-corrected chi connectivity index (χ4v) is 3.79. The van der Waals surface area contributed by atoms with E-state index < -0.39 is 42.3 Å². The molecule has 2 saturated carbocycles. The van der Waals surface area contributed by atoms with Gasteiger partial charge in [-0.1, -0.05) is 12.1 Å². The van der Waals surface area contributed by atoms with Crippen molar-refractivity contribution in [3.63, 3.8) is 0 Å². The summed E-state index contributed by atoms with van der Waals surface area (Å²) < 4.78 is 27.7. The summed E-state index contributed by atoms with van der Waals surface area (Å²) in [6.45, 7) is 1.52. The number of carbonyl (C=O) groups excluding carboxylic acids is 1. The first kappa shape index (κ1) is 23.9. The van der Waals surface area contributed by atoms with E-state index in [-0.39, 0.29) is 5.69 Å². The van der Waals surface area contributed by atoms with Crippen LogP contribution in [0.3, 0.4) is 0 Å². The molecule has 4 rings (SSSR count). The van der Waals surface area contributed by atoms with Gasteiger partial charge >= 0.3 is 6.09 Å². The van der Waals surface area contributed by atoms with Crippen LogP contribution >= 0.6 is 0 Å². The smallest absolute Gasteiger partial charge is 0.407 e. The Kier molecular flexibility index (Phi) is 6.98. The number of aromatic nitrogens is 1. The van der Waals surface area contributed by atoms with Gasteiger partial charge in [-0.15, -0.1) is 0 Å². The fraction of sp³-hybridized carbons (Fsp3) is 0.636. The number of hydrogen-bond acceptors (Lipinski definition) is 4. The van der Waals surface area contributed by atoms with Crippen LogP contribution in [-0.4, -0.2) is 57.6 Å². The maximum atomic E-state index is 13.8.